The average molecular weight is 297 g/mol. The van der Waals surface area contributed by atoms with Crippen LogP contribution in [0, 0.1) is 5.92 Å². The minimum absolute atomic E-state index is 0.408. The van der Waals surface area contributed by atoms with Crippen LogP contribution in [0.5, 0.6) is 0 Å². The van der Waals surface area contributed by atoms with E-state index in [1.54, 1.807) is 0 Å². The lowest BCUT2D eigenvalue weighted by Crippen LogP contribution is -2.37. The van der Waals surface area contributed by atoms with Gasteiger partial charge in [0.15, 0.2) is 0 Å². The van der Waals surface area contributed by atoms with Crippen LogP contribution >= 0.6 is 0 Å². The summed E-state index contributed by atoms with van der Waals surface area (Å²) in [6.45, 7) is 3.07. The lowest BCUT2D eigenvalue weighted by atomic mass is 9.86. The summed E-state index contributed by atoms with van der Waals surface area (Å²) in [6, 6.07) is 15.2. The fourth-order valence-electron chi connectivity index (χ4n) is 3.63. The van der Waals surface area contributed by atoms with Crippen molar-refractivity contribution in [1.29, 1.82) is 0 Å². The Hall–Kier alpha value is -1.38. The number of rotatable bonds is 4. The van der Waals surface area contributed by atoms with Crippen molar-refractivity contribution in [1.82, 2.24) is 4.90 Å². The molecule has 0 spiro atoms. The van der Waals surface area contributed by atoms with Gasteiger partial charge in [0.2, 0.25) is 0 Å². The van der Waals surface area contributed by atoms with Crippen LogP contribution < -0.4 is 0 Å². The van der Waals surface area contributed by atoms with Gasteiger partial charge in [0.25, 0.3) is 0 Å². The maximum absolute atomic E-state index is 10.6. The molecule has 2 aromatic carbocycles. The first-order chi connectivity index (χ1) is 10.6. The Morgan fingerprint density at radius 1 is 1.05 bits per heavy atom. The molecule has 1 aliphatic carbocycles. The summed E-state index contributed by atoms with van der Waals surface area (Å²) in [6.07, 6.45) is 4.76. The van der Waals surface area contributed by atoms with Crippen molar-refractivity contribution in [3.63, 3.8) is 0 Å². The molecule has 2 aromatic rings. The van der Waals surface area contributed by atoms with E-state index in [0.717, 1.165) is 18.0 Å². The van der Waals surface area contributed by atoms with Crippen LogP contribution in [0.25, 0.3) is 10.8 Å². The summed E-state index contributed by atoms with van der Waals surface area (Å²) in [5.41, 5.74) is 1.02. The minimum atomic E-state index is -0.408. The molecular formula is C20H27NO. The molecule has 1 atom stereocenters. The van der Waals surface area contributed by atoms with Gasteiger partial charge in [-0.1, -0.05) is 43.3 Å². The zero-order valence-corrected chi connectivity index (χ0v) is 13.7. The highest BCUT2D eigenvalue weighted by Crippen LogP contribution is 2.28. The van der Waals surface area contributed by atoms with Gasteiger partial charge in [-0.05, 0) is 61.1 Å². The topological polar surface area (TPSA) is 23.5 Å². The van der Waals surface area contributed by atoms with Crippen molar-refractivity contribution in [3.8, 4) is 0 Å². The number of benzene rings is 2. The van der Waals surface area contributed by atoms with Crippen LogP contribution in [-0.2, 0) is 0 Å². The van der Waals surface area contributed by atoms with Gasteiger partial charge in [0.1, 0.15) is 0 Å². The molecule has 0 radical (unpaired) electrons. The van der Waals surface area contributed by atoms with E-state index in [4.69, 9.17) is 0 Å². The van der Waals surface area contributed by atoms with E-state index >= 15 is 0 Å². The molecule has 0 aliphatic heterocycles. The number of hydrogen-bond acceptors (Lipinski definition) is 2. The fraction of sp³-hybridized carbons (Fsp3) is 0.500. The van der Waals surface area contributed by atoms with Crippen molar-refractivity contribution in [3.05, 3.63) is 48.0 Å². The van der Waals surface area contributed by atoms with E-state index in [2.05, 4.69) is 55.3 Å². The summed E-state index contributed by atoms with van der Waals surface area (Å²) in [7, 11) is 2.16. The van der Waals surface area contributed by atoms with Gasteiger partial charge in [0, 0.05) is 12.6 Å². The van der Waals surface area contributed by atoms with Gasteiger partial charge in [-0.3, -0.25) is 0 Å². The normalized spacial score (nSPS) is 23.8. The molecule has 0 saturated heterocycles. The van der Waals surface area contributed by atoms with Crippen LogP contribution in [0.4, 0.5) is 0 Å². The molecule has 1 fully saturated rings. The monoisotopic (exact) mass is 297 g/mol. The number of aliphatic hydroxyl groups excluding tert-OH is 1. The van der Waals surface area contributed by atoms with Gasteiger partial charge in [-0.2, -0.15) is 0 Å². The van der Waals surface area contributed by atoms with Gasteiger partial charge < -0.3 is 10.0 Å². The molecule has 1 saturated carbocycles. The van der Waals surface area contributed by atoms with E-state index < -0.39 is 6.10 Å². The van der Waals surface area contributed by atoms with E-state index in [-0.39, 0.29) is 0 Å². The second-order valence-electron chi connectivity index (χ2n) is 6.98. The van der Waals surface area contributed by atoms with Crippen LogP contribution in [0.3, 0.4) is 0 Å². The first kappa shape index (κ1) is 15.5. The number of nitrogens with zero attached hydrogens (tertiary/aromatic N) is 1. The Labute approximate surface area is 133 Å². The predicted molar refractivity (Wildman–Crippen MR) is 93.0 cm³/mol. The van der Waals surface area contributed by atoms with Crippen molar-refractivity contribution in [2.75, 3.05) is 13.6 Å². The van der Waals surface area contributed by atoms with Crippen LogP contribution in [0.2, 0.25) is 0 Å². The molecular weight excluding hydrogens is 270 g/mol. The van der Waals surface area contributed by atoms with E-state index in [0.29, 0.717) is 6.04 Å². The number of fused-ring (bicyclic) bond motifs is 1. The van der Waals surface area contributed by atoms with E-state index in [1.807, 2.05) is 6.07 Å². The minimum Gasteiger partial charge on any atom is -0.387 e. The van der Waals surface area contributed by atoms with Gasteiger partial charge in [-0.25, -0.2) is 0 Å². The third kappa shape index (κ3) is 3.50. The van der Waals surface area contributed by atoms with E-state index in [9.17, 15) is 5.11 Å². The Morgan fingerprint density at radius 2 is 1.73 bits per heavy atom. The maximum Gasteiger partial charge on any atom is 0.0917 e. The lowest BCUT2D eigenvalue weighted by molar-refractivity contribution is 0.0858. The molecule has 1 unspecified atom stereocenters. The molecule has 2 heteroatoms. The smallest absolute Gasteiger partial charge is 0.0917 e. The molecule has 3 rings (SSSR count). The second-order valence-corrected chi connectivity index (χ2v) is 6.98. The highest BCUT2D eigenvalue weighted by atomic mass is 16.3. The highest BCUT2D eigenvalue weighted by molar-refractivity contribution is 5.83. The standard InChI is InChI=1S/C20H27NO/c1-15-7-11-19(12-8-15)21(2)14-20(22)18-10-9-16-5-3-4-6-17(16)13-18/h3-6,9-10,13,15,19-20,22H,7-8,11-12,14H2,1-2H3. The Balaban J connectivity index is 1.66. The van der Waals surface area contributed by atoms with Crippen molar-refractivity contribution in [2.24, 2.45) is 5.92 Å². The summed E-state index contributed by atoms with van der Waals surface area (Å²) >= 11 is 0. The molecule has 1 N–H and O–H groups in total. The summed E-state index contributed by atoms with van der Waals surface area (Å²) in [5, 5.41) is 13.0. The number of aliphatic hydroxyl groups is 1. The summed E-state index contributed by atoms with van der Waals surface area (Å²) in [4.78, 5) is 2.35. The maximum atomic E-state index is 10.6. The lowest BCUT2D eigenvalue weighted by Gasteiger charge is -2.34. The molecule has 0 amide bonds. The molecule has 0 heterocycles. The van der Waals surface area contributed by atoms with Gasteiger partial charge >= 0.3 is 0 Å². The molecule has 0 aromatic heterocycles. The molecule has 0 bridgehead atoms. The summed E-state index contributed by atoms with van der Waals surface area (Å²) < 4.78 is 0. The number of hydrogen-bond donors (Lipinski definition) is 1. The number of likely N-dealkylation sites (N-methyl/N-ethyl adjacent to an activating group) is 1. The SMILES string of the molecule is CC1CCC(N(C)CC(O)c2ccc3ccccc3c2)CC1. The Bertz CT molecular complexity index is 616. The highest BCUT2D eigenvalue weighted by Gasteiger charge is 2.23. The third-order valence-electron chi connectivity index (χ3n) is 5.23. The van der Waals surface area contributed by atoms with Crippen molar-refractivity contribution in [2.45, 2.75) is 44.8 Å². The third-order valence-corrected chi connectivity index (χ3v) is 5.23. The predicted octanol–water partition coefficient (Wildman–Crippen LogP) is 4.38. The quantitative estimate of drug-likeness (QED) is 0.905. The molecule has 118 valence electrons. The average Bonchev–Trinajstić information content (AvgIpc) is 2.55. The first-order valence-corrected chi connectivity index (χ1v) is 8.50. The van der Waals surface area contributed by atoms with Crippen molar-refractivity contribution < 1.29 is 5.11 Å². The molecule has 22 heavy (non-hydrogen) atoms. The Morgan fingerprint density at radius 3 is 2.45 bits per heavy atom. The molecule has 2 nitrogen and oxygen atoms in total. The fourth-order valence-corrected chi connectivity index (χ4v) is 3.63. The van der Waals surface area contributed by atoms with E-state index in [1.165, 1.54) is 36.5 Å². The Kier molecular flexibility index (Phi) is 4.80. The zero-order chi connectivity index (χ0) is 15.5. The summed E-state index contributed by atoms with van der Waals surface area (Å²) in [5.74, 6) is 0.870. The van der Waals surface area contributed by atoms with Crippen LogP contribution in [0.15, 0.2) is 42.5 Å². The van der Waals surface area contributed by atoms with Crippen LogP contribution in [0.1, 0.15) is 44.3 Å². The van der Waals surface area contributed by atoms with Crippen LogP contribution in [-0.4, -0.2) is 29.6 Å². The zero-order valence-electron chi connectivity index (χ0n) is 13.7. The van der Waals surface area contributed by atoms with Gasteiger partial charge in [-0.15, -0.1) is 0 Å². The van der Waals surface area contributed by atoms with Crippen molar-refractivity contribution >= 4 is 10.8 Å². The molecule has 1 aliphatic rings. The second kappa shape index (κ2) is 6.80. The van der Waals surface area contributed by atoms with Gasteiger partial charge in [0.05, 0.1) is 6.10 Å². The largest absolute Gasteiger partial charge is 0.387 e. The first-order valence-electron chi connectivity index (χ1n) is 8.50.